The highest BCUT2D eigenvalue weighted by atomic mass is 16.3. The molecule has 270 valence electrons. The first-order chi connectivity index (χ1) is 28.7. The molecule has 0 saturated carbocycles. The van der Waals surface area contributed by atoms with Crippen molar-refractivity contribution in [2.75, 3.05) is 4.90 Å². The molecule has 2 nitrogen and oxygen atoms in total. The molecule has 0 unspecified atom stereocenters. The minimum atomic E-state index is 0.864. The van der Waals surface area contributed by atoms with Gasteiger partial charge in [-0.1, -0.05) is 146 Å². The van der Waals surface area contributed by atoms with Crippen molar-refractivity contribution in [3.05, 3.63) is 212 Å². The van der Waals surface area contributed by atoms with Crippen LogP contribution in [0.25, 0.3) is 98.1 Å². The summed E-state index contributed by atoms with van der Waals surface area (Å²) in [4.78, 5) is 2.39. The van der Waals surface area contributed by atoms with Gasteiger partial charge >= 0.3 is 0 Å². The van der Waals surface area contributed by atoms with E-state index < -0.39 is 0 Å². The molecule has 12 aromatic rings. The van der Waals surface area contributed by atoms with Gasteiger partial charge < -0.3 is 9.32 Å². The molecule has 0 amide bonds. The Morgan fingerprint density at radius 1 is 0.259 bits per heavy atom. The van der Waals surface area contributed by atoms with Crippen molar-refractivity contribution in [2.45, 2.75) is 0 Å². The number of benzene rings is 11. The summed E-state index contributed by atoms with van der Waals surface area (Å²) in [5.74, 6) is 0. The molecule has 0 atom stereocenters. The standard InChI is InChI=1S/C56H35NO/c1-2-12-37(13-3-1)53-34-46(29-40-16-6-9-19-48(40)53)57(45-26-27-51-54-31-38-14-4-5-15-39(38)33-55(54)58-56(51)35-45)44-25-24-36-22-23-42(28-43(36)30-44)52-32-41-17-7-8-18-47(41)49-20-10-11-21-50(49)52/h1-35H. The van der Waals surface area contributed by atoms with Crippen molar-refractivity contribution in [3.8, 4) is 22.3 Å². The van der Waals surface area contributed by atoms with Crippen molar-refractivity contribution in [1.82, 2.24) is 0 Å². The number of rotatable bonds is 5. The van der Waals surface area contributed by atoms with E-state index in [9.17, 15) is 0 Å². The smallest absolute Gasteiger partial charge is 0.137 e. The Balaban J connectivity index is 1.08. The van der Waals surface area contributed by atoms with Crippen molar-refractivity contribution in [1.29, 1.82) is 0 Å². The summed E-state index contributed by atoms with van der Waals surface area (Å²) in [6.07, 6.45) is 0. The van der Waals surface area contributed by atoms with Gasteiger partial charge in [0.05, 0.1) is 0 Å². The summed E-state index contributed by atoms with van der Waals surface area (Å²) >= 11 is 0. The molecule has 58 heavy (non-hydrogen) atoms. The van der Waals surface area contributed by atoms with Gasteiger partial charge in [0.25, 0.3) is 0 Å². The third-order valence-corrected chi connectivity index (χ3v) is 11.9. The molecule has 1 heterocycles. The molecule has 2 heteroatoms. The van der Waals surface area contributed by atoms with Gasteiger partial charge in [0.1, 0.15) is 11.2 Å². The summed E-state index contributed by atoms with van der Waals surface area (Å²) in [7, 11) is 0. The molecule has 0 radical (unpaired) electrons. The predicted octanol–water partition coefficient (Wildman–Crippen LogP) is 16.2. The second-order valence-electron chi connectivity index (χ2n) is 15.3. The maximum absolute atomic E-state index is 6.66. The van der Waals surface area contributed by atoms with E-state index >= 15 is 0 Å². The average Bonchev–Trinajstić information content (AvgIpc) is 3.64. The van der Waals surface area contributed by atoms with Crippen molar-refractivity contribution in [3.63, 3.8) is 0 Å². The van der Waals surface area contributed by atoms with Crippen LogP contribution in [-0.2, 0) is 0 Å². The topological polar surface area (TPSA) is 16.4 Å². The largest absolute Gasteiger partial charge is 0.456 e. The van der Waals surface area contributed by atoms with Crippen LogP contribution in [0.15, 0.2) is 217 Å². The lowest BCUT2D eigenvalue weighted by Gasteiger charge is -2.27. The molecule has 11 aromatic carbocycles. The highest BCUT2D eigenvalue weighted by Gasteiger charge is 2.19. The van der Waals surface area contributed by atoms with Crippen LogP contribution >= 0.6 is 0 Å². The minimum absolute atomic E-state index is 0.864. The Hall–Kier alpha value is -7.68. The summed E-state index contributed by atoms with van der Waals surface area (Å²) in [5.41, 5.74) is 9.76. The molecular formula is C56H35NO. The molecule has 0 aliphatic carbocycles. The molecule has 0 fully saturated rings. The first-order valence-electron chi connectivity index (χ1n) is 19.9. The Kier molecular flexibility index (Phi) is 7.26. The maximum atomic E-state index is 6.66. The summed E-state index contributed by atoms with van der Waals surface area (Å²) in [5, 5.41) is 14.5. The van der Waals surface area contributed by atoms with Crippen LogP contribution in [0.5, 0.6) is 0 Å². The number of nitrogens with zero attached hydrogens (tertiary/aromatic N) is 1. The second kappa shape index (κ2) is 12.9. The zero-order valence-corrected chi connectivity index (χ0v) is 31.6. The van der Waals surface area contributed by atoms with E-state index in [1.807, 2.05) is 0 Å². The van der Waals surface area contributed by atoms with Gasteiger partial charge in [-0.2, -0.15) is 0 Å². The Labute approximate surface area is 335 Å². The van der Waals surface area contributed by atoms with Crippen LogP contribution in [0.3, 0.4) is 0 Å². The van der Waals surface area contributed by atoms with Gasteiger partial charge in [0.2, 0.25) is 0 Å². The van der Waals surface area contributed by atoms with E-state index in [1.165, 1.54) is 76.1 Å². The van der Waals surface area contributed by atoms with E-state index in [-0.39, 0.29) is 0 Å². The predicted molar refractivity (Wildman–Crippen MR) is 247 cm³/mol. The fraction of sp³-hybridized carbons (Fsp3) is 0. The number of anilines is 3. The molecule has 1 aromatic heterocycles. The van der Waals surface area contributed by atoms with Crippen LogP contribution in [0.1, 0.15) is 0 Å². The van der Waals surface area contributed by atoms with E-state index in [0.717, 1.165) is 39.0 Å². The zero-order chi connectivity index (χ0) is 38.2. The Bertz CT molecular complexity index is 3580. The second-order valence-corrected chi connectivity index (χ2v) is 15.3. The van der Waals surface area contributed by atoms with Crippen molar-refractivity contribution < 1.29 is 4.42 Å². The van der Waals surface area contributed by atoms with Crippen LogP contribution in [0.4, 0.5) is 17.1 Å². The van der Waals surface area contributed by atoms with E-state index in [1.54, 1.807) is 0 Å². The SMILES string of the molecule is c1ccc(-c2cc(N(c3ccc4ccc(-c5cc6ccccc6c6ccccc56)cc4c3)c3ccc4c(c3)oc3cc5ccccc5cc34)cc3ccccc23)cc1. The van der Waals surface area contributed by atoms with Crippen molar-refractivity contribution in [2.24, 2.45) is 0 Å². The van der Waals surface area contributed by atoms with Crippen LogP contribution < -0.4 is 4.90 Å². The number of hydrogen-bond acceptors (Lipinski definition) is 2. The first-order valence-corrected chi connectivity index (χ1v) is 19.9. The third kappa shape index (κ3) is 5.27. The quantitative estimate of drug-likeness (QED) is 0.164. The lowest BCUT2D eigenvalue weighted by Crippen LogP contribution is -2.10. The minimum Gasteiger partial charge on any atom is -0.456 e. The number of hydrogen-bond donors (Lipinski definition) is 0. The molecule has 12 rings (SSSR count). The highest BCUT2D eigenvalue weighted by molar-refractivity contribution is 6.15. The normalized spacial score (nSPS) is 11.8. The van der Waals surface area contributed by atoms with Gasteiger partial charge in [-0.15, -0.1) is 0 Å². The van der Waals surface area contributed by atoms with E-state index in [0.29, 0.717) is 0 Å². The zero-order valence-electron chi connectivity index (χ0n) is 31.6. The lowest BCUT2D eigenvalue weighted by molar-refractivity contribution is 0.669. The number of fused-ring (bicyclic) bond motifs is 9. The van der Waals surface area contributed by atoms with Gasteiger partial charge in [0.15, 0.2) is 0 Å². The third-order valence-electron chi connectivity index (χ3n) is 11.9. The first kappa shape index (κ1) is 32.6. The summed E-state index contributed by atoms with van der Waals surface area (Å²) in [6.45, 7) is 0. The summed E-state index contributed by atoms with van der Waals surface area (Å²) < 4.78 is 6.66. The fourth-order valence-corrected chi connectivity index (χ4v) is 9.15. The highest BCUT2D eigenvalue weighted by Crippen LogP contribution is 2.44. The number of furan rings is 1. The Morgan fingerprint density at radius 3 is 1.67 bits per heavy atom. The van der Waals surface area contributed by atoms with Gasteiger partial charge in [-0.3, -0.25) is 0 Å². The van der Waals surface area contributed by atoms with Crippen LogP contribution in [0.2, 0.25) is 0 Å². The van der Waals surface area contributed by atoms with Gasteiger partial charge in [-0.05, 0) is 137 Å². The molecule has 0 bridgehead atoms. The van der Waals surface area contributed by atoms with Gasteiger partial charge in [0, 0.05) is 33.9 Å². The molecule has 0 aliphatic rings. The molecule has 0 aliphatic heterocycles. The Morgan fingerprint density at radius 2 is 0.845 bits per heavy atom. The molecule has 0 N–H and O–H groups in total. The fourth-order valence-electron chi connectivity index (χ4n) is 9.15. The monoisotopic (exact) mass is 737 g/mol. The lowest BCUT2D eigenvalue weighted by atomic mass is 9.92. The van der Waals surface area contributed by atoms with E-state index in [4.69, 9.17) is 4.42 Å². The molecular weight excluding hydrogens is 703 g/mol. The van der Waals surface area contributed by atoms with E-state index in [2.05, 4.69) is 217 Å². The maximum Gasteiger partial charge on any atom is 0.137 e. The van der Waals surface area contributed by atoms with Crippen LogP contribution in [0, 0.1) is 0 Å². The summed E-state index contributed by atoms with van der Waals surface area (Å²) in [6, 6.07) is 77.2. The van der Waals surface area contributed by atoms with Gasteiger partial charge in [-0.25, -0.2) is 0 Å². The van der Waals surface area contributed by atoms with Crippen molar-refractivity contribution >= 4 is 92.9 Å². The van der Waals surface area contributed by atoms with Crippen LogP contribution in [-0.4, -0.2) is 0 Å². The average molecular weight is 738 g/mol. The molecule has 0 saturated heterocycles. The molecule has 0 spiro atoms.